The Hall–Kier alpha value is -0.940. The van der Waals surface area contributed by atoms with Gasteiger partial charge in [0.05, 0.1) is 17.7 Å². The molecule has 4 nitrogen and oxygen atoms in total. The zero-order valence-corrected chi connectivity index (χ0v) is 12.9. The number of hydrogen-bond acceptors (Lipinski definition) is 4. The molecule has 0 aromatic carbocycles. The van der Waals surface area contributed by atoms with E-state index in [9.17, 15) is 9.90 Å². The molecule has 0 bridgehead atoms. The van der Waals surface area contributed by atoms with Crippen LogP contribution in [0.25, 0.3) is 0 Å². The quantitative estimate of drug-likeness (QED) is 0.750. The lowest BCUT2D eigenvalue weighted by Crippen LogP contribution is -2.30. The van der Waals surface area contributed by atoms with Crippen molar-refractivity contribution in [3.8, 4) is 0 Å². The van der Waals surface area contributed by atoms with Crippen LogP contribution in [0.3, 0.4) is 0 Å². The lowest BCUT2D eigenvalue weighted by atomic mass is 10.1. The van der Waals surface area contributed by atoms with Crippen molar-refractivity contribution in [2.24, 2.45) is 0 Å². The third-order valence-electron chi connectivity index (χ3n) is 3.85. The van der Waals surface area contributed by atoms with E-state index in [-0.39, 0.29) is 0 Å². The average Bonchev–Trinajstić information content (AvgIpc) is 3.08. The van der Waals surface area contributed by atoms with Crippen molar-refractivity contribution in [1.29, 1.82) is 0 Å². The van der Waals surface area contributed by atoms with Gasteiger partial charge in [0.2, 0.25) is 6.41 Å². The molecule has 1 aliphatic carbocycles. The normalized spacial score (nSPS) is 17.3. The fraction of sp³-hybridized carbons (Fsp3) is 0.733. The summed E-state index contributed by atoms with van der Waals surface area (Å²) in [7, 11) is 0. The van der Waals surface area contributed by atoms with Crippen LogP contribution >= 0.6 is 11.3 Å². The molecule has 1 amide bonds. The van der Waals surface area contributed by atoms with Gasteiger partial charge in [0.15, 0.2) is 0 Å². The van der Waals surface area contributed by atoms with Crippen LogP contribution in [-0.2, 0) is 11.3 Å². The largest absolute Gasteiger partial charge is 0.391 e. The fourth-order valence-corrected chi connectivity index (χ4v) is 3.91. The summed E-state index contributed by atoms with van der Waals surface area (Å²) in [5.74, 6) is 0.629. The number of aromatic nitrogens is 1. The summed E-state index contributed by atoms with van der Waals surface area (Å²) in [6.45, 7) is 3.01. The van der Waals surface area contributed by atoms with Gasteiger partial charge in [0.25, 0.3) is 0 Å². The van der Waals surface area contributed by atoms with Gasteiger partial charge in [0, 0.05) is 23.5 Å². The standard InChI is InChI=1S/C15H24N2O2S/c1-2-5-13(19)9-17(11-18)10-14-8-16-15(20-14)12-6-3-4-7-12/h8,11-13,19H,2-7,9-10H2,1H3. The summed E-state index contributed by atoms with van der Waals surface area (Å²) in [5.41, 5.74) is 0. The van der Waals surface area contributed by atoms with Crippen LogP contribution < -0.4 is 0 Å². The Bertz CT molecular complexity index is 416. The zero-order valence-electron chi connectivity index (χ0n) is 12.1. The summed E-state index contributed by atoms with van der Waals surface area (Å²) in [6.07, 6.45) is 9.08. The molecule has 0 spiro atoms. The van der Waals surface area contributed by atoms with Crippen molar-refractivity contribution in [3.63, 3.8) is 0 Å². The molecule has 112 valence electrons. The van der Waals surface area contributed by atoms with Crippen molar-refractivity contribution in [3.05, 3.63) is 16.1 Å². The van der Waals surface area contributed by atoms with E-state index in [1.807, 2.05) is 13.1 Å². The second kappa shape index (κ2) is 7.74. The van der Waals surface area contributed by atoms with E-state index in [0.29, 0.717) is 19.0 Å². The maximum atomic E-state index is 11.1. The molecule has 1 aromatic rings. The summed E-state index contributed by atoms with van der Waals surface area (Å²) in [5, 5.41) is 11.0. The van der Waals surface area contributed by atoms with Gasteiger partial charge in [-0.25, -0.2) is 4.98 Å². The van der Waals surface area contributed by atoms with Crippen LogP contribution in [0, 0.1) is 0 Å². The number of nitrogens with zero attached hydrogens (tertiary/aromatic N) is 2. The topological polar surface area (TPSA) is 53.4 Å². The summed E-state index contributed by atoms with van der Waals surface area (Å²) < 4.78 is 0. The Balaban J connectivity index is 1.88. The van der Waals surface area contributed by atoms with Crippen LogP contribution in [0.5, 0.6) is 0 Å². The van der Waals surface area contributed by atoms with E-state index >= 15 is 0 Å². The lowest BCUT2D eigenvalue weighted by molar-refractivity contribution is -0.120. The molecule has 1 aliphatic rings. The molecule has 0 radical (unpaired) electrons. The number of amides is 1. The van der Waals surface area contributed by atoms with Gasteiger partial charge in [-0.3, -0.25) is 4.79 Å². The van der Waals surface area contributed by atoms with E-state index in [0.717, 1.165) is 24.1 Å². The molecule has 0 saturated heterocycles. The Labute approximate surface area is 124 Å². The summed E-state index contributed by atoms with van der Waals surface area (Å²) >= 11 is 1.72. The number of hydrogen-bond donors (Lipinski definition) is 1. The average molecular weight is 296 g/mol. The molecule has 0 aliphatic heterocycles. The van der Waals surface area contributed by atoms with Gasteiger partial charge in [-0.15, -0.1) is 11.3 Å². The number of carbonyl (C=O) groups is 1. The van der Waals surface area contributed by atoms with E-state index in [2.05, 4.69) is 4.98 Å². The number of carbonyl (C=O) groups excluding carboxylic acids is 1. The summed E-state index contributed by atoms with van der Waals surface area (Å²) in [6, 6.07) is 0. The SMILES string of the molecule is CCCC(O)CN(C=O)Cc1cnc(C2CCCC2)s1. The Kier molecular flexibility index (Phi) is 5.98. The molecule has 1 heterocycles. The van der Waals surface area contributed by atoms with Gasteiger partial charge >= 0.3 is 0 Å². The smallest absolute Gasteiger partial charge is 0.210 e. The highest BCUT2D eigenvalue weighted by Crippen LogP contribution is 2.36. The van der Waals surface area contributed by atoms with Crippen LogP contribution in [0.2, 0.25) is 0 Å². The predicted molar refractivity (Wildman–Crippen MR) is 80.7 cm³/mol. The Morgan fingerprint density at radius 3 is 2.95 bits per heavy atom. The third-order valence-corrected chi connectivity index (χ3v) is 5.00. The van der Waals surface area contributed by atoms with Crippen LogP contribution in [0.15, 0.2) is 6.20 Å². The second-order valence-electron chi connectivity index (χ2n) is 5.62. The molecule has 1 unspecified atom stereocenters. The predicted octanol–water partition coefficient (Wildman–Crippen LogP) is 2.92. The van der Waals surface area contributed by atoms with Crippen molar-refractivity contribution in [2.75, 3.05) is 6.54 Å². The molecular weight excluding hydrogens is 272 g/mol. The maximum Gasteiger partial charge on any atom is 0.210 e. The van der Waals surface area contributed by atoms with Crippen molar-refractivity contribution in [1.82, 2.24) is 9.88 Å². The first-order chi connectivity index (χ1) is 9.72. The highest BCUT2D eigenvalue weighted by molar-refractivity contribution is 7.11. The van der Waals surface area contributed by atoms with E-state index in [1.165, 1.54) is 30.7 Å². The molecule has 1 fully saturated rings. The number of thiazole rings is 1. The Morgan fingerprint density at radius 2 is 2.30 bits per heavy atom. The minimum Gasteiger partial charge on any atom is -0.391 e. The molecule has 1 saturated carbocycles. The molecule has 2 rings (SSSR count). The number of aliphatic hydroxyl groups is 1. The van der Waals surface area contributed by atoms with Crippen molar-refractivity contribution in [2.45, 2.75) is 64.0 Å². The van der Waals surface area contributed by atoms with Gasteiger partial charge in [-0.1, -0.05) is 26.2 Å². The molecule has 5 heteroatoms. The highest BCUT2D eigenvalue weighted by Gasteiger charge is 2.20. The molecule has 1 aromatic heterocycles. The fourth-order valence-electron chi connectivity index (χ4n) is 2.80. The van der Waals surface area contributed by atoms with Crippen LogP contribution in [-0.4, -0.2) is 34.0 Å². The maximum absolute atomic E-state index is 11.1. The molecule has 20 heavy (non-hydrogen) atoms. The number of aliphatic hydroxyl groups excluding tert-OH is 1. The first-order valence-corrected chi connectivity index (χ1v) is 8.36. The van der Waals surface area contributed by atoms with Crippen molar-refractivity contribution >= 4 is 17.7 Å². The minimum absolute atomic E-state index is 0.411. The van der Waals surface area contributed by atoms with Gasteiger partial charge < -0.3 is 10.0 Å². The molecule has 1 N–H and O–H groups in total. The van der Waals surface area contributed by atoms with E-state index < -0.39 is 6.10 Å². The monoisotopic (exact) mass is 296 g/mol. The van der Waals surface area contributed by atoms with Crippen LogP contribution in [0.4, 0.5) is 0 Å². The number of rotatable bonds is 8. The van der Waals surface area contributed by atoms with E-state index in [4.69, 9.17) is 0 Å². The van der Waals surface area contributed by atoms with Crippen LogP contribution in [0.1, 0.15) is 61.3 Å². The lowest BCUT2D eigenvalue weighted by Gasteiger charge is -2.19. The summed E-state index contributed by atoms with van der Waals surface area (Å²) in [4.78, 5) is 18.4. The Morgan fingerprint density at radius 1 is 1.55 bits per heavy atom. The van der Waals surface area contributed by atoms with Gasteiger partial charge in [-0.2, -0.15) is 0 Å². The third kappa shape index (κ3) is 4.28. The van der Waals surface area contributed by atoms with E-state index in [1.54, 1.807) is 16.2 Å². The molecule has 1 atom stereocenters. The first kappa shape index (κ1) is 15.4. The zero-order chi connectivity index (χ0) is 14.4. The first-order valence-electron chi connectivity index (χ1n) is 7.55. The van der Waals surface area contributed by atoms with Gasteiger partial charge in [0.1, 0.15) is 0 Å². The highest BCUT2D eigenvalue weighted by atomic mass is 32.1. The molecular formula is C15H24N2O2S. The van der Waals surface area contributed by atoms with Gasteiger partial charge in [-0.05, 0) is 19.3 Å². The second-order valence-corrected chi connectivity index (χ2v) is 6.77. The van der Waals surface area contributed by atoms with Crippen molar-refractivity contribution < 1.29 is 9.90 Å². The minimum atomic E-state index is -0.424.